The van der Waals surface area contributed by atoms with E-state index in [1.165, 1.54) is 10.8 Å². The van der Waals surface area contributed by atoms with E-state index in [4.69, 9.17) is 15.2 Å². The Labute approximate surface area is 156 Å². The minimum atomic E-state index is -1.67. The van der Waals surface area contributed by atoms with Crippen molar-refractivity contribution in [3.05, 3.63) is 24.2 Å². The summed E-state index contributed by atoms with van der Waals surface area (Å²) in [5.74, 6) is -0.134. The van der Waals surface area contributed by atoms with E-state index in [1.807, 2.05) is 20.8 Å². The Bertz CT molecular complexity index is 922. The molecule has 1 saturated heterocycles. The van der Waals surface area contributed by atoms with Crippen molar-refractivity contribution in [2.75, 3.05) is 5.73 Å². The highest BCUT2D eigenvalue weighted by Gasteiger charge is 2.87. The van der Waals surface area contributed by atoms with Gasteiger partial charge in [0.2, 0.25) is 0 Å². The van der Waals surface area contributed by atoms with E-state index in [0.29, 0.717) is 17.0 Å². The number of aliphatic hydroxyl groups is 2. The Morgan fingerprint density at radius 3 is 2.74 bits per heavy atom. The molecule has 0 amide bonds. The summed E-state index contributed by atoms with van der Waals surface area (Å²) < 4.78 is 12.9. The van der Waals surface area contributed by atoms with E-state index in [0.717, 1.165) is 0 Å². The second-order valence-electron chi connectivity index (χ2n) is 8.72. The fourth-order valence-electron chi connectivity index (χ4n) is 3.94. The molecule has 9 heteroatoms. The van der Waals surface area contributed by atoms with E-state index in [2.05, 4.69) is 10.1 Å². The third-order valence-electron chi connectivity index (χ3n) is 5.45. The molecule has 1 unspecified atom stereocenters. The van der Waals surface area contributed by atoms with Gasteiger partial charge in [0.25, 0.3) is 0 Å². The van der Waals surface area contributed by atoms with E-state index >= 15 is 0 Å². The standard InChI is InChI=1S/C18H24N4O5/c1-16(2,3)7-11(23)26-15-17(4)18(15,25)13(24)12(27-17)9-5-6-10-14(19)20-8-21-22(9)10/h5-6,8,12-13,15,24-25H,7H2,1-4H3,(H2,19,20,21)/t12-,13-,15?,17+,18+/m0/s1. The maximum atomic E-state index is 12.1. The van der Waals surface area contributed by atoms with Crippen LogP contribution in [0.25, 0.3) is 5.52 Å². The van der Waals surface area contributed by atoms with Gasteiger partial charge in [0.05, 0.1) is 12.1 Å². The number of carbonyl (C=O) groups excluding carboxylic acids is 1. The first kappa shape index (κ1) is 18.1. The van der Waals surface area contributed by atoms with Crippen LogP contribution in [0.1, 0.15) is 45.9 Å². The Morgan fingerprint density at radius 2 is 2.15 bits per heavy atom. The second kappa shape index (κ2) is 5.40. The summed E-state index contributed by atoms with van der Waals surface area (Å²) in [7, 11) is 0. The number of aliphatic hydroxyl groups excluding tert-OH is 1. The monoisotopic (exact) mass is 376 g/mol. The van der Waals surface area contributed by atoms with Crippen molar-refractivity contribution in [3.63, 3.8) is 0 Å². The van der Waals surface area contributed by atoms with Gasteiger partial charge in [-0.25, -0.2) is 9.50 Å². The van der Waals surface area contributed by atoms with E-state index < -0.39 is 35.5 Å². The van der Waals surface area contributed by atoms with Gasteiger partial charge in [-0.15, -0.1) is 0 Å². The number of nitrogens with zero attached hydrogens (tertiary/aromatic N) is 3. The summed E-state index contributed by atoms with van der Waals surface area (Å²) in [6, 6.07) is 3.43. The predicted octanol–water partition coefficient (Wildman–Crippen LogP) is 0.595. The molecule has 2 aliphatic rings. The lowest BCUT2D eigenvalue weighted by Gasteiger charge is -2.24. The molecule has 0 radical (unpaired) electrons. The zero-order valence-electron chi connectivity index (χ0n) is 15.7. The van der Waals surface area contributed by atoms with Gasteiger partial charge in [-0.1, -0.05) is 20.8 Å². The van der Waals surface area contributed by atoms with Crippen molar-refractivity contribution < 1.29 is 24.5 Å². The second-order valence-corrected chi connectivity index (χ2v) is 8.72. The lowest BCUT2D eigenvalue weighted by molar-refractivity contribution is -0.158. The van der Waals surface area contributed by atoms with Crippen LogP contribution < -0.4 is 5.73 Å². The average molecular weight is 376 g/mol. The topological polar surface area (TPSA) is 132 Å². The summed E-state index contributed by atoms with van der Waals surface area (Å²) in [5.41, 5.74) is 3.85. The van der Waals surface area contributed by atoms with Crippen LogP contribution in [0.4, 0.5) is 5.82 Å². The van der Waals surface area contributed by atoms with Gasteiger partial charge in [0, 0.05) is 0 Å². The molecule has 4 rings (SSSR count). The van der Waals surface area contributed by atoms with E-state index in [1.54, 1.807) is 19.1 Å². The van der Waals surface area contributed by atoms with E-state index in [-0.39, 0.29) is 11.8 Å². The number of hydrogen-bond donors (Lipinski definition) is 3. The molecule has 0 bridgehead atoms. The van der Waals surface area contributed by atoms with Crippen molar-refractivity contribution in [2.24, 2.45) is 5.41 Å². The fraction of sp³-hybridized carbons (Fsp3) is 0.611. The molecule has 9 nitrogen and oxygen atoms in total. The molecule has 2 aromatic heterocycles. The van der Waals surface area contributed by atoms with Crippen LogP contribution in [0.3, 0.4) is 0 Å². The highest BCUT2D eigenvalue weighted by atomic mass is 16.6. The number of carbonyl (C=O) groups is 1. The van der Waals surface area contributed by atoms with Gasteiger partial charge in [0.1, 0.15) is 29.7 Å². The molecule has 2 aromatic rings. The normalized spacial score (nSPS) is 35.3. The number of nitrogens with two attached hydrogens (primary N) is 1. The predicted molar refractivity (Wildman–Crippen MR) is 94.5 cm³/mol. The number of esters is 1. The maximum absolute atomic E-state index is 12.1. The quantitative estimate of drug-likeness (QED) is 0.663. The Hall–Kier alpha value is -2.23. The zero-order chi connectivity index (χ0) is 19.8. The molecule has 3 heterocycles. The van der Waals surface area contributed by atoms with Gasteiger partial charge in [-0.3, -0.25) is 4.79 Å². The molecule has 1 saturated carbocycles. The van der Waals surface area contributed by atoms with Crippen molar-refractivity contribution in [1.29, 1.82) is 0 Å². The first-order valence-electron chi connectivity index (χ1n) is 8.85. The largest absolute Gasteiger partial charge is 0.456 e. The molecule has 2 fully saturated rings. The van der Waals surface area contributed by atoms with Crippen molar-refractivity contribution in [2.45, 2.75) is 63.6 Å². The average Bonchev–Trinajstić information content (AvgIpc) is 2.88. The van der Waals surface area contributed by atoms with Gasteiger partial charge in [-0.05, 0) is 24.5 Å². The number of aromatic nitrogens is 3. The van der Waals surface area contributed by atoms with Crippen molar-refractivity contribution >= 4 is 17.3 Å². The number of anilines is 1. The van der Waals surface area contributed by atoms with Crippen molar-refractivity contribution in [1.82, 2.24) is 14.6 Å². The van der Waals surface area contributed by atoms with Crippen LogP contribution in [0.2, 0.25) is 0 Å². The fourth-order valence-corrected chi connectivity index (χ4v) is 3.94. The van der Waals surface area contributed by atoms with Gasteiger partial charge >= 0.3 is 5.97 Å². The highest BCUT2D eigenvalue weighted by Crippen LogP contribution is 2.64. The van der Waals surface area contributed by atoms with Gasteiger partial charge in [-0.2, -0.15) is 5.10 Å². The zero-order valence-corrected chi connectivity index (χ0v) is 15.7. The maximum Gasteiger partial charge on any atom is 0.306 e. The van der Waals surface area contributed by atoms with Crippen LogP contribution in [0, 0.1) is 5.41 Å². The highest BCUT2D eigenvalue weighted by molar-refractivity contribution is 5.71. The minimum Gasteiger partial charge on any atom is -0.456 e. The molecule has 27 heavy (non-hydrogen) atoms. The number of hydrogen-bond acceptors (Lipinski definition) is 8. The first-order valence-corrected chi connectivity index (χ1v) is 8.85. The molecule has 146 valence electrons. The SMILES string of the molecule is CC(C)(C)CC(=O)OC1[C@@]2(C)O[C@@H](c3ccc4c(N)ncnn34)[C@H](O)[C@@]12O. The molecule has 0 aromatic carbocycles. The molecule has 1 aliphatic heterocycles. The molecule has 4 N–H and O–H groups in total. The molecule has 5 atom stereocenters. The van der Waals surface area contributed by atoms with Crippen LogP contribution >= 0.6 is 0 Å². The number of fused-ring (bicyclic) bond motifs is 2. The summed E-state index contributed by atoms with van der Waals surface area (Å²) in [6.07, 6.45) is -1.54. The Balaban J connectivity index is 1.57. The van der Waals surface area contributed by atoms with Crippen molar-refractivity contribution in [3.8, 4) is 0 Å². The number of nitrogen functional groups attached to an aromatic ring is 1. The molecule has 1 aliphatic carbocycles. The lowest BCUT2D eigenvalue weighted by atomic mass is 9.92. The summed E-state index contributed by atoms with van der Waals surface area (Å²) >= 11 is 0. The van der Waals surface area contributed by atoms with Crippen LogP contribution in [-0.2, 0) is 14.3 Å². The van der Waals surface area contributed by atoms with Gasteiger partial charge in [0.15, 0.2) is 17.5 Å². The summed E-state index contributed by atoms with van der Waals surface area (Å²) in [6.45, 7) is 7.39. The lowest BCUT2D eigenvalue weighted by Crippen LogP contribution is -2.36. The summed E-state index contributed by atoms with van der Waals surface area (Å²) in [4.78, 5) is 16.1. The minimum absolute atomic E-state index is 0.203. The number of rotatable bonds is 3. The van der Waals surface area contributed by atoms with E-state index in [9.17, 15) is 15.0 Å². The third-order valence-corrected chi connectivity index (χ3v) is 5.45. The molecule has 0 spiro atoms. The smallest absolute Gasteiger partial charge is 0.306 e. The molecular formula is C18H24N4O5. The van der Waals surface area contributed by atoms with Crippen LogP contribution in [0.5, 0.6) is 0 Å². The Morgan fingerprint density at radius 1 is 1.44 bits per heavy atom. The Kier molecular flexibility index (Phi) is 3.63. The van der Waals surface area contributed by atoms with Gasteiger partial charge < -0.3 is 25.4 Å². The van der Waals surface area contributed by atoms with Crippen LogP contribution in [0.15, 0.2) is 18.5 Å². The van der Waals surface area contributed by atoms with Crippen LogP contribution in [-0.4, -0.2) is 54.2 Å². The molecular weight excluding hydrogens is 352 g/mol. The number of ether oxygens (including phenoxy) is 2. The first-order chi connectivity index (χ1) is 12.5. The summed E-state index contributed by atoms with van der Waals surface area (Å²) in [5, 5.41) is 25.9. The third kappa shape index (κ3) is 2.45.